The Hall–Kier alpha value is -1.39. The lowest BCUT2D eigenvalue weighted by Crippen LogP contribution is -2.30. The molecule has 3 nitrogen and oxygen atoms in total. The molecule has 0 saturated heterocycles. The molecule has 0 amide bonds. The molecule has 4 heteroatoms. The first kappa shape index (κ1) is 15.0. The fourth-order valence-corrected chi connectivity index (χ4v) is 2.71. The minimum Gasteiger partial charge on any atom is -0.396 e. The van der Waals surface area contributed by atoms with E-state index in [1.54, 1.807) is 6.07 Å². The van der Waals surface area contributed by atoms with Gasteiger partial charge in [-0.2, -0.15) is 0 Å². The molecule has 110 valence electrons. The average Bonchev–Trinajstić information content (AvgIpc) is 2.86. The van der Waals surface area contributed by atoms with Gasteiger partial charge in [0.25, 0.3) is 0 Å². The van der Waals surface area contributed by atoms with Crippen molar-refractivity contribution in [3.05, 3.63) is 41.7 Å². The van der Waals surface area contributed by atoms with Crippen LogP contribution in [0.25, 0.3) is 0 Å². The van der Waals surface area contributed by atoms with Gasteiger partial charge in [0.1, 0.15) is 5.82 Å². The van der Waals surface area contributed by atoms with E-state index in [1.807, 2.05) is 25.1 Å². The summed E-state index contributed by atoms with van der Waals surface area (Å²) in [6, 6.07) is 5.29. The molecule has 0 heterocycles. The first-order valence-corrected chi connectivity index (χ1v) is 7.03. The molecule has 1 aromatic carbocycles. The van der Waals surface area contributed by atoms with Crippen molar-refractivity contribution in [2.75, 3.05) is 25.6 Å². The molecule has 0 aliphatic heterocycles. The van der Waals surface area contributed by atoms with Gasteiger partial charge >= 0.3 is 0 Å². The molecule has 0 radical (unpaired) electrons. The van der Waals surface area contributed by atoms with Crippen LogP contribution in [0.1, 0.15) is 24.9 Å². The van der Waals surface area contributed by atoms with E-state index in [-0.39, 0.29) is 30.4 Å². The zero-order chi connectivity index (χ0) is 14.7. The van der Waals surface area contributed by atoms with Gasteiger partial charge in [-0.3, -0.25) is 0 Å². The molecule has 0 fully saturated rings. The summed E-state index contributed by atoms with van der Waals surface area (Å²) in [5.41, 5.74) is 1.97. The number of rotatable bonds is 5. The van der Waals surface area contributed by atoms with E-state index in [4.69, 9.17) is 5.11 Å². The largest absolute Gasteiger partial charge is 0.396 e. The Kier molecular flexibility index (Phi) is 4.78. The second-order valence-electron chi connectivity index (χ2n) is 5.66. The van der Waals surface area contributed by atoms with Crippen LogP contribution in [0.4, 0.5) is 10.1 Å². The number of aliphatic hydroxyl groups excluding tert-OH is 1. The van der Waals surface area contributed by atoms with Crippen LogP contribution in [-0.2, 0) is 0 Å². The van der Waals surface area contributed by atoms with Crippen molar-refractivity contribution in [1.82, 2.24) is 5.32 Å². The molecule has 0 aromatic heterocycles. The molecular formula is C16H23FN2O. The predicted molar refractivity (Wildman–Crippen MR) is 80.4 cm³/mol. The maximum atomic E-state index is 13.4. The van der Waals surface area contributed by atoms with Gasteiger partial charge < -0.3 is 15.3 Å². The Morgan fingerprint density at radius 1 is 1.40 bits per heavy atom. The predicted octanol–water partition coefficient (Wildman–Crippen LogP) is 2.48. The van der Waals surface area contributed by atoms with Crippen LogP contribution < -0.4 is 10.2 Å². The molecule has 20 heavy (non-hydrogen) atoms. The molecule has 0 spiro atoms. The number of hydrogen-bond donors (Lipinski definition) is 2. The summed E-state index contributed by atoms with van der Waals surface area (Å²) in [6.07, 6.45) is 5.08. The highest BCUT2D eigenvalue weighted by atomic mass is 19.1. The van der Waals surface area contributed by atoms with Crippen LogP contribution in [-0.4, -0.2) is 31.9 Å². The lowest BCUT2D eigenvalue weighted by Gasteiger charge is -2.25. The molecule has 1 unspecified atom stereocenters. The summed E-state index contributed by atoms with van der Waals surface area (Å²) in [4.78, 5) is 1.93. The Morgan fingerprint density at radius 3 is 2.75 bits per heavy atom. The third-order valence-corrected chi connectivity index (χ3v) is 3.81. The number of aliphatic hydroxyl groups is 1. The van der Waals surface area contributed by atoms with Crippen LogP contribution in [0.15, 0.2) is 30.4 Å². The summed E-state index contributed by atoms with van der Waals surface area (Å²) in [6.45, 7) is 2.28. The van der Waals surface area contributed by atoms with Crippen molar-refractivity contribution < 1.29 is 9.50 Å². The standard InChI is InChI=1S/C16H23FN2O/c1-11(18-14-6-4-12(8-14)10-20)15-7-5-13(17)9-16(15)19(2)3/h4-7,9,11-12,14,18,20H,8,10H2,1-3H3/t11?,12-,14+/m0/s1. The molecular weight excluding hydrogens is 255 g/mol. The molecule has 2 N–H and O–H groups in total. The summed E-state index contributed by atoms with van der Waals surface area (Å²) >= 11 is 0. The number of nitrogens with one attached hydrogen (secondary N) is 1. The summed E-state index contributed by atoms with van der Waals surface area (Å²) < 4.78 is 13.4. The fraction of sp³-hybridized carbons (Fsp3) is 0.500. The Bertz CT molecular complexity index is 487. The number of benzene rings is 1. The maximum absolute atomic E-state index is 13.4. The van der Waals surface area contributed by atoms with E-state index in [0.717, 1.165) is 17.7 Å². The minimum atomic E-state index is -0.217. The summed E-state index contributed by atoms with van der Waals surface area (Å²) in [5, 5.41) is 12.7. The molecule has 1 aromatic rings. The highest BCUT2D eigenvalue weighted by molar-refractivity contribution is 5.54. The monoisotopic (exact) mass is 278 g/mol. The number of halogens is 1. The van der Waals surface area contributed by atoms with Crippen molar-refractivity contribution in [2.24, 2.45) is 5.92 Å². The quantitative estimate of drug-likeness (QED) is 0.812. The van der Waals surface area contributed by atoms with Crippen LogP contribution in [0, 0.1) is 11.7 Å². The van der Waals surface area contributed by atoms with E-state index in [9.17, 15) is 4.39 Å². The number of hydrogen-bond acceptors (Lipinski definition) is 3. The van der Waals surface area contributed by atoms with Crippen LogP contribution >= 0.6 is 0 Å². The van der Waals surface area contributed by atoms with E-state index >= 15 is 0 Å². The topological polar surface area (TPSA) is 35.5 Å². The van der Waals surface area contributed by atoms with Gasteiger partial charge in [0.2, 0.25) is 0 Å². The lowest BCUT2D eigenvalue weighted by atomic mass is 10.0. The fourth-order valence-electron chi connectivity index (χ4n) is 2.71. The average molecular weight is 278 g/mol. The van der Waals surface area contributed by atoms with Crippen LogP contribution in [0.3, 0.4) is 0 Å². The van der Waals surface area contributed by atoms with Gasteiger partial charge in [-0.05, 0) is 31.0 Å². The van der Waals surface area contributed by atoms with Gasteiger partial charge in [0.15, 0.2) is 0 Å². The lowest BCUT2D eigenvalue weighted by molar-refractivity contribution is 0.245. The molecule has 3 atom stereocenters. The summed E-state index contributed by atoms with van der Waals surface area (Å²) in [7, 11) is 3.84. The third-order valence-electron chi connectivity index (χ3n) is 3.81. The maximum Gasteiger partial charge on any atom is 0.125 e. The van der Waals surface area contributed by atoms with Gasteiger partial charge in [-0.15, -0.1) is 0 Å². The SMILES string of the molecule is CC(N[C@@H]1C=C[C@H](CO)C1)c1ccc(F)cc1N(C)C. The van der Waals surface area contributed by atoms with Gasteiger partial charge in [0.05, 0.1) is 0 Å². The Balaban J connectivity index is 2.10. The van der Waals surface area contributed by atoms with Crippen molar-refractivity contribution >= 4 is 5.69 Å². The van der Waals surface area contributed by atoms with E-state index in [2.05, 4.69) is 24.4 Å². The number of nitrogens with zero attached hydrogens (tertiary/aromatic N) is 1. The highest BCUT2D eigenvalue weighted by Crippen LogP contribution is 2.28. The van der Waals surface area contributed by atoms with Crippen molar-refractivity contribution in [3.8, 4) is 0 Å². The molecule has 2 rings (SSSR count). The Morgan fingerprint density at radius 2 is 2.15 bits per heavy atom. The van der Waals surface area contributed by atoms with Gasteiger partial charge in [-0.25, -0.2) is 4.39 Å². The smallest absolute Gasteiger partial charge is 0.125 e. The third kappa shape index (κ3) is 3.38. The van der Waals surface area contributed by atoms with Gasteiger partial charge in [-0.1, -0.05) is 18.2 Å². The van der Waals surface area contributed by atoms with Crippen LogP contribution in [0.2, 0.25) is 0 Å². The van der Waals surface area contributed by atoms with Crippen molar-refractivity contribution in [1.29, 1.82) is 0 Å². The summed E-state index contributed by atoms with van der Waals surface area (Å²) in [5.74, 6) is 0.0343. The molecule has 1 aliphatic carbocycles. The zero-order valence-electron chi connectivity index (χ0n) is 12.3. The first-order valence-electron chi connectivity index (χ1n) is 7.03. The van der Waals surface area contributed by atoms with E-state index < -0.39 is 0 Å². The minimum absolute atomic E-state index is 0.125. The second-order valence-corrected chi connectivity index (χ2v) is 5.66. The van der Waals surface area contributed by atoms with E-state index in [0.29, 0.717) is 0 Å². The normalized spacial score (nSPS) is 23.1. The highest BCUT2D eigenvalue weighted by Gasteiger charge is 2.21. The first-order chi connectivity index (χ1) is 9.51. The van der Waals surface area contributed by atoms with E-state index in [1.165, 1.54) is 6.07 Å². The molecule has 1 aliphatic rings. The van der Waals surface area contributed by atoms with Crippen molar-refractivity contribution in [3.63, 3.8) is 0 Å². The van der Waals surface area contributed by atoms with Crippen molar-refractivity contribution in [2.45, 2.75) is 25.4 Å². The second kappa shape index (κ2) is 6.37. The van der Waals surface area contributed by atoms with Gasteiger partial charge in [0, 0.05) is 44.4 Å². The molecule has 0 saturated carbocycles. The number of anilines is 1. The zero-order valence-corrected chi connectivity index (χ0v) is 12.3. The molecule has 0 bridgehead atoms. The Labute approximate surface area is 120 Å². The van der Waals surface area contributed by atoms with Crippen LogP contribution in [0.5, 0.6) is 0 Å².